The largest absolute Gasteiger partial charge is 0.497 e. The highest BCUT2D eigenvalue weighted by Gasteiger charge is 2.56. The number of β-lactam (4-membered cyclic amide) rings is 1. The maximum atomic E-state index is 12.8. The Hall–Kier alpha value is -3.06. The number of carbonyl (C=O) groups excluding carboxylic acids is 1. The molecule has 1 aliphatic heterocycles. The third-order valence-corrected chi connectivity index (χ3v) is 5.09. The molecule has 2 aromatic carbocycles. The van der Waals surface area contributed by atoms with Crippen molar-refractivity contribution in [2.45, 2.75) is 25.1 Å². The van der Waals surface area contributed by atoms with Gasteiger partial charge in [0.05, 0.1) is 32.3 Å². The normalized spacial score (nSPS) is 19.9. The van der Waals surface area contributed by atoms with Gasteiger partial charge in [-0.05, 0) is 42.3 Å². The fraction of sp³-hybridized carbons (Fsp3) is 0.333. The quantitative estimate of drug-likeness (QED) is 0.709. The number of rotatable bonds is 7. The lowest BCUT2D eigenvalue weighted by Gasteiger charge is -2.50. The Labute approximate surface area is 163 Å². The van der Waals surface area contributed by atoms with Crippen LogP contribution in [0.3, 0.4) is 0 Å². The molecule has 1 aliphatic rings. The molecule has 0 radical (unpaired) electrons. The minimum absolute atomic E-state index is 0.390. The van der Waals surface area contributed by atoms with Crippen LogP contribution in [0.2, 0.25) is 0 Å². The van der Waals surface area contributed by atoms with Gasteiger partial charge in [0.25, 0.3) is 0 Å². The molecular formula is C21H23NO6. The predicted octanol–water partition coefficient (Wildman–Crippen LogP) is 2.09. The van der Waals surface area contributed by atoms with Gasteiger partial charge in [0.2, 0.25) is 5.91 Å². The third kappa shape index (κ3) is 3.41. The Kier molecular flexibility index (Phi) is 5.56. The average molecular weight is 385 g/mol. The minimum Gasteiger partial charge on any atom is -0.497 e. The molecule has 0 spiro atoms. The molecule has 1 fully saturated rings. The Morgan fingerprint density at radius 1 is 0.964 bits per heavy atom. The number of aliphatic hydroxyl groups is 1. The first kappa shape index (κ1) is 19.7. The van der Waals surface area contributed by atoms with E-state index in [9.17, 15) is 19.8 Å². The third-order valence-electron chi connectivity index (χ3n) is 5.09. The zero-order chi connectivity index (χ0) is 20.4. The lowest BCUT2D eigenvalue weighted by Crippen LogP contribution is -2.68. The summed E-state index contributed by atoms with van der Waals surface area (Å²) in [5, 5.41) is 19.6. The summed E-state index contributed by atoms with van der Waals surface area (Å²) in [6.07, 6.45) is -1.04. The van der Waals surface area contributed by atoms with E-state index in [1.54, 1.807) is 62.8 Å². The van der Waals surface area contributed by atoms with Crippen LogP contribution >= 0.6 is 0 Å². The molecule has 2 N–H and O–H groups in total. The monoisotopic (exact) mass is 385 g/mol. The van der Waals surface area contributed by atoms with Crippen LogP contribution < -0.4 is 9.47 Å². The average Bonchev–Trinajstić information content (AvgIpc) is 2.69. The highest BCUT2D eigenvalue weighted by molar-refractivity contribution is 5.97. The molecule has 7 heteroatoms. The first-order valence-electron chi connectivity index (χ1n) is 8.90. The molecule has 0 bridgehead atoms. The zero-order valence-corrected chi connectivity index (χ0v) is 15.9. The molecule has 1 saturated heterocycles. The van der Waals surface area contributed by atoms with Crippen LogP contribution in [-0.2, 0) is 9.59 Å². The van der Waals surface area contributed by atoms with Gasteiger partial charge >= 0.3 is 5.97 Å². The summed E-state index contributed by atoms with van der Waals surface area (Å²) >= 11 is 0. The smallest absolute Gasteiger partial charge is 0.327 e. The number of aliphatic carboxylic acids is 1. The Morgan fingerprint density at radius 3 is 1.71 bits per heavy atom. The van der Waals surface area contributed by atoms with Gasteiger partial charge in [0.1, 0.15) is 17.5 Å². The Morgan fingerprint density at radius 2 is 1.39 bits per heavy atom. The van der Waals surface area contributed by atoms with E-state index >= 15 is 0 Å². The number of benzene rings is 2. The molecule has 1 amide bonds. The van der Waals surface area contributed by atoms with E-state index in [2.05, 4.69) is 0 Å². The van der Waals surface area contributed by atoms with Crippen molar-refractivity contribution in [2.75, 3.05) is 14.2 Å². The van der Waals surface area contributed by atoms with Crippen LogP contribution in [0.25, 0.3) is 0 Å². The summed E-state index contributed by atoms with van der Waals surface area (Å²) in [4.78, 5) is 26.0. The molecule has 0 aromatic heterocycles. The maximum absolute atomic E-state index is 12.8. The van der Waals surface area contributed by atoms with Gasteiger partial charge in [-0.2, -0.15) is 0 Å². The summed E-state index contributed by atoms with van der Waals surface area (Å²) < 4.78 is 10.4. The lowest BCUT2D eigenvalue weighted by molar-refractivity contribution is -0.180. The van der Waals surface area contributed by atoms with Crippen LogP contribution in [0.15, 0.2) is 48.5 Å². The first-order valence-corrected chi connectivity index (χ1v) is 8.90. The van der Waals surface area contributed by atoms with E-state index in [1.807, 2.05) is 0 Å². The van der Waals surface area contributed by atoms with Crippen molar-refractivity contribution in [3.63, 3.8) is 0 Å². The van der Waals surface area contributed by atoms with Crippen LogP contribution in [0.1, 0.15) is 24.1 Å². The summed E-state index contributed by atoms with van der Waals surface area (Å²) in [7, 11) is 3.12. The van der Waals surface area contributed by atoms with Crippen LogP contribution in [0.5, 0.6) is 11.5 Å². The fourth-order valence-electron chi connectivity index (χ4n) is 3.65. The van der Waals surface area contributed by atoms with Gasteiger partial charge in [-0.25, -0.2) is 4.79 Å². The summed E-state index contributed by atoms with van der Waals surface area (Å²) in [6, 6.07) is 12.5. The first-order chi connectivity index (χ1) is 13.4. The molecule has 0 unspecified atom stereocenters. The number of aliphatic hydroxyl groups excluding tert-OH is 1. The van der Waals surface area contributed by atoms with E-state index in [-0.39, 0.29) is 5.91 Å². The molecule has 148 valence electrons. The molecule has 28 heavy (non-hydrogen) atoms. The van der Waals surface area contributed by atoms with E-state index in [0.717, 1.165) is 11.1 Å². The van der Waals surface area contributed by atoms with E-state index in [1.165, 1.54) is 11.8 Å². The highest BCUT2D eigenvalue weighted by atomic mass is 16.5. The van der Waals surface area contributed by atoms with Gasteiger partial charge in [-0.15, -0.1) is 0 Å². The predicted molar refractivity (Wildman–Crippen MR) is 101 cm³/mol. The van der Waals surface area contributed by atoms with Gasteiger partial charge in [-0.3, -0.25) is 4.79 Å². The molecule has 7 nitrogen and oxygen atoms in total. The number of hydrogen-bond acceptors (Lipinski definition) is 5. The van der Waals surface area contributed by atoms with Crippen LogP contribution in [-0.4, -0.2) is 53.4 Å². The van der Waals surface area contributed by atoms with E-state index < -0.39 is 30.1 Å². The highest BCUT2D eigenvalue weighted by Crippen LogP contribution is 2.41. The maximum Gasteiger partial charge on any atom is 0.327 e. The number of carboxylic acids is 1. The van der Waals surface area contributed by atoms with Gasteiger partial charge in [0, 0.05) is 0 Å². The van der Waals surface area contributed by atoms with Crippen molar-refractivity contribution < 1.29 is 29.3 Å². The number of nitrogens with zero attached hydrogens (tertiary/aromatic N) is 1. The van der Waals surface area contributed by atoms with Crippen molar-refractivity contribution in [1.29, 1.82) is 0 Å². The van der Waals surface area contributed by atoms with Crippen molar-refractivity contribution >= 4 is 11.9 Å². The number of carbonyl (C=O) groups is 2. The zero-order valence-electron chi connectivity index (χ0n) is 15.9. The topological polar surface area (TPSA) is 96.3 Å². The number of carboxylic acid groups (broad SMARTS) is 1. The van der Waals surface area contributed by atoms with Crippen LogP contribution in [0.4, 0.5) is 0 Å². The number of methoxy groups -OCH3 is 2. The van der Waals surface area contributed by atoms with Crippen LogP contribution in [0, 0.1) is 5.92 Å². The second-order valence-electron chi connectivity index (χ2n) is 6.74. The number of ether oxygens (including phenoxy) is 2. The summed E-state index contributed by atoms with van der Waals surface area (Å²) in [6.45, 7) is 1.44. The number of hydrogen-bond donors (Lipinski definition) is 2. The van der Waals surface area contributed by atoms with Crippen molar-refractivity contribution in [2.24, 2.45) is 5.92 Å². The number of likely N-dealkylation sites (tertiary alicyclic amines) is 1. The summed E-state index contributed by atoms with van der Waals surface area (Å²) in [5.74, 6) is -1.18. The van der Waals surface area contributed by atoms with Crippen molar-refractivity contribution in [3.05, 3.63) is 59.7 Å². The second-order valence-corrected chi connectivity index (χ2v) is 6.74. The van der Waals surface area contributed by atoms with E-state index in [4.69, 9.17) is 9.47 Å². The molecule has 3 rings (SSSR count). The minimum atomic E-state index is -1.14. The van der Waals surface area contributed by atoms with Gasteiger partial charge in [-0.1, -0.05) is 24.3 Å². The lowest BCUT2D eigenvalue weighted by atomic mass is 9.79. The number of amides is 1. The molecule has 2 aromatic rings. The fourth-order valence-corrected chi connectivity index (χ4v) is 3.65. The molecule has 0 saturated carbocycles. The second kappa shape index (κ2) is 7.90. The van der Waals surface area contributed by atoms with Gasteiger partial charge in [0.15, 0.2) is 0 Å². The van der Waals surface area contributed by atoms with Crippen molar-refractivity contribution in [1.82, 2.24) is 4.90 Å². The van der Waals surface area contributed by atoms with Crippen molar-refractivity contribution in [3.8, 4) is 11.5 Å². The van der Waals surface area contributed by atoms with E-state index in [0.29, 0.717) is 11.5 Å². The summed E-state index contributed by atoms with van der Waals surface area (Å²) in [5.41, 5.74) is 1.49. The van der Waals surface area contributed by atoms with Gasteiger partial charge < -0.3 is 24.6 Å². The Balaban J connectivity index is 2.07. The molecule has 1 heterocycles. The SMILES string of the molecule is COc1ccc(C(c2ccc(OC)cc2)N2C(=O)[C@@H]([C@@H](C)O)[C@@H]2C(=O)O)cc1. The molecule has 0 aliphatic carbocycles. The standard InChI is InChI=1S/C21H23NO6/c1-12(23)17-19(21(25)26)22(20(17)24)18(13-4-8-15(27-2)9-5-13)14-6-10-16(28-3)11-7-14/h4-12,17-19,23H,1-3H3,(H,25,26)/t12-,17+,19-/m1/s1. The molecule has 3 atom stereocenters. The molecular weight excluding hydrogens is 362 g/mol. The Bertz CT molecular complexity index is 799.